The van der Waals surface area contributed by atoms with Crippen LogP contribution in [0, 0.1) is 11.3 Å². The molecule has 0 aliphatic rings. The van der Waals surface area contributed by atoms with Crippen LogP contribution in [0.5, 0.6) is 5.88 Å². The fourth-order valence-electron chi connectivity index (χ4n) is 2.73. The molecule has 2 aromatic carbocycles. The Morgan fingerprint density at radius 2 is 1.76 bits per heavy atom. The van der Waals surface area contributed by atoms with Crippen molar-refractivity contribution in [3.05, 3.63) is 86.6 Å². The van der Waals surface area contributed by atoms with Crippen LogP contribution in [0.4, 0.5) is 13.2 Å². The summed E-state index contributed by atoms with van der Waals surface area (Å²) < 4.78 is 42.9. The highest BCUT2D eigenvalue weighted by molar-refractivity contribution is 5.70. The van der Waals surface area contributed by atoms with E-state index in [0.717, 1.165) is 21.8 Å². The van der Waals surface area contributed by atoms with Crippen LogP contribution >= 0.6 is 0 Å². The van der Waals surface area contributed by atoms with Gasteiger partial charge in [-0.3, -0.25) is 14.3 Å². The summed E-state index contributed by atoms with van der Waals surface area (Å²) in [5.41, 5.74) is 0.861. The van der Waals surface area contributed by atoms with E-state index in [4.69, 9.17) is 0 Å². The minimum atomic E-state index is -4.61. The quantitative estimate of drug-likeness (QED) is 0.712. The van der Waals surface area contributed by atoms with Gasteiger partial charge in [0.1, 0.15) is 0 Å². The maximum atomic E-state index is 12.4. The number of hydrogen-bond donors (Lipinski definition) is 1. The van der Waals surface area contributed by atoms with Crippen LogP contribution in [0.15, 0.2) is 64.2 Å². The summed E-state index contributed by atoms with van der Waals surface area (Å²) in [7, 11) is 0. The van der Waals surface area contributed by atoms with Gasteiger partial charge in [0, 0.05) is 0 Å². The average molecular weight is 401 g/mol. The first-order chi connectivity index (χ1) is 13.8. The third kappa shape index (κ3) is 4.93. The lowest BCUT2D eigenvalue weighted by Gasteiger charge is -2.14. The van der Waals surface area contributed by atoms with E-state index in [1.165, 1.54) is 0 Å². The highest BCUT2D eigenvalue weighted by atomic mass is 19.4. The predicted octanol–water partition coefficient (Wildman–Crippen LogP) is 3.06. The van der Waals surface area contributed by atoms with Crippen LogP contribution in [0.1, 0.15) is 11.1 Å². The molecule has 0 aliphatic heterocycles. The summed E-state index contributed by atoms with van der Waals surface area (Å²) >= 11 is 0. The molecule has 0 radical (unpaired) electrons. The lowest BCUT2D eigenvalue weighted by Crippen LogP contribution is -2.32. The van der Waals surface area contributed by atoms with Crippen molar-refractivity contribution >= 4 is 0 Å². The zero-order valence-corrected chi connectivity index (χ0v) is 14.9. The van der Waals surface area contributed by atoms with Crippen LogP contribution in [-0.4, -0.2) is 22.3 Å². The average Bonchev–Trinajstić information content (AvgIpc) is 2.68. The molecule has 0 atom stereocenters. The van der Waals surface area contributed by atoms with Crippen LogP contribution in [0.25, 0.3) is 11.1 Å². The maximum absolute atomic E-state index is 12.4. The summed E-state index contributed by atoms with van der Waals surface area (Å²) in [6.45, 7) is -1.73. The fraction of sp³-hybridized carbons (Fsp3) is 0.150. The Balaban J connectivity index is 1.90. The molecule has 0 unspecified atom stereocenters. The van der Waals surface area contributed by atoms with Crippen molar-refractivity contribution < 1.29 is 17.9 Å². The van der Waals surface area contributed by atoms with Crippen molar-refractivity contribution in [3.8, 4) is 23.1 Å². The van der Waals surface area contributed by atoms with Gasteiger partial charge in [-0.25, -0.2) is 4.79 Å². The molecular weight excluding hydrogens is 387 g/mol. The third-order valence-corrected chi connectivity index (χ3v) is 4.03. The molecule has 1 aromatic heterocycles. The fourth-order valence-corrected chi connectivity index (χ4v) is 2.73. The molecule has 0 saturated heterocycles. The zero-order valence-electron chi connectivity index (χ0n) is 14.9. The van der Waals surface area contributed by atoms with Gasteiger partial charge < -0.3 is 4.74 Å². The van der Waals surface area contributed by atoms with Crippen LogP contribution in [-0.2, 0) is 6.54 Å². The number of alkyl halides is 3. The SMILES string of the molecule is N#Cc1ccccc1-c1ccc(Cn2c(OCC(F)(F)F)cc(=O)[nH]c2=O)cc1. The second-order valence-electron chi connectivity index (χ2n) is 6.12. The molecule has 0 amide bonds. The van der Waals surface area contributed by atoms with E-state index >= 15 is 0 Å². The molecule has 6 nitrogen and oxygen atoms in total. The number of aromatic amines is 1. The number of nitrogens with zero attached hydrogens (tertiary/aromatic N) is 2. The van der Waals surface area contributed by atoms with Crippen LogP contribution < -0.4 is 16.0 Å². The number of ether oxygens (including phenoxy) is 1. The number of halogens is 3. The van der Waals surface area contributed by atoms with Gasteiger partial charge in [-0.2, -0.15) is 18.4 Å². The molecule has 0 saturated carbocycles. The number of rotatable bonds is 5. The first-order valence-corrected chi connectivity index (χ1v) is 8.39. The van der Waals surface area contributed by atoms with Crippen molar-refractivity contribution in [2.45, 2.75) is 12.7 Å². The van der Waals surface area contributed by atoms with E-state index in [9.17, 15) is 28.0 Å². The van der Waals surface area contributed by atoms with Crippen molar-refractivity contribution in [1.82, 2.24) is 9.55 Å². The normalized spacial score (nSPS) is 11.1. The van der Waals surface area contributed by atoms with E-state index in [1.54, 1.807) is 48.5 Å². The predicted molar refractivity (Wildman–Crippen MR) is 98.6 cm³/mol. The Kier molecular flexibility index (Phi) is 5.54. The number of nitriles is 1. The molecule has 3 rings (SSSR count). The monoisotopic (exact) mass is 401 g/mol. The lowest BCUT2D eigenvalue weighted by molar-refractivity contribution is -0.154. The van der Waals surface area contributed by atoms with Gasteiger partial charge in [0.2, 0.25) is 5.88 Å². The molecule has 148 valence electrons. The molecule has 1 heterocycles. The van der Waals surface area contributed by atoms with Gasteiger partial charge in [0.05, 0.1) is 24.2 Å². The minimum absolute atomic E-state index is 0.108. The molecule has 0 bridgehead atoms. The number of nitrogens with one attached hydrogen (secondary N) is 1. The number of benzene rings is 2. The number of H-pyrrole nitrogens is 1. The molecule has 9 heteroatoms. The summed E-state index contributed by atoms with van der Waals surface area (Å²) in [6.07, 6.45) is -4.61. The van der Waals surface area contributed by atoms with Crippen LogP contribution in [0.3, 0.4) is 0 Å². The van der Waals surface area contributed by atoms with Crippen molar-refractivity contribution in [1.29, 1.82) is 5.26 Å². The number of hydrogen-bond acceptors (Lipinski definition) is 4. The topological polar surface area (TPSA) is 87.9 Å². The highest BCUT2D eigenvalue weighted by Gasteiger charge is 2.29. The first-order valence-electron chi connectivity index (χ1n) is 8.39. The molecular formula is C20H14F3N3O3. The summed E-state index contributed by atoms with van der Waals surface area (Å²) in [5, 5.41) is 9.21. The Hall–Kier alpha value is -3.80. The Morgan fingerprint density at radius 1 is 1.07 bits per heavy atom. The third-order valence-electron chi connectivity index (χ3n) is 4.03. The van der Waals surface area contributed by atoms with Gasteiger partial charge in [-0.15, -0.1) is 0 Å². The molecule has 3 aromatic rings. The van der Waals surface area contributed by atoms with Crippen molar-refractivity contribution in [2.75, 3.05) is 6.61 Å². The number of aromatic nitrogens is 2. The Morgan fingerprint density at radius 3 is 2.41 bits per heavy atom. The van der Waals surface area contributed by atoms with E-state index in [2.05, 4.69) is 10.8 Å². The van der Waals surface area contributed by atoms with E-state index in [-0.39, 0.29) is 6.54 Å². The van der Waals surface area contributed by atoms with Crippen molar-refractivity contribution in [3.63, 3.8) is 0 Å². The van der Waals surface area contributed by atoms with Gasteiger partial charge in [0.25, 0.3) is 5.56 Å². The lowest BCUT2D eigenvalue weighted by atomic mass is 9.99. The maximum Gasteiger partial charge on any atom is 0.422 e. The first kappa shape index (κ1) is 19.9. The zero-order chi connectivity index (χ0) is 21.0. The Bertz CT molecular complexity index is 1170. The Labute approximate surface area is 162 Å². The summed E-state index contributed by atoms with van der Waals surface area (Å²) in [6, 6.07) is 16.8. The van der Waals surface area contributed by atoms with E-state index in [1.807, 2.05) is 4.98 Å². The van der Waals surface area contributed by atoms with Gasteiger partial charge in [-0.1, -0.05) is 42.5 Å². The van der Waals surface area contributed by atoms with Crippen LogP contribution in [0.2, 0.25) is 0 Å². The molecule has 0 aliphatic carbocycles. The summed E-state index contributed by atoms with van der Waals surface area (Å²) in [5.74, 6) is -0.477. The van der Waals surface area contributed by atoms with Gasteiger partial charge in [0.15, 0.2) is 6.61 Å². The molecule has 0 fully saturated rings. The smallest absolute Gasteiger partial charge is 0.422 e. The van der Waals surface area contributed by atoms with Crippen molar-refractivity contribution in [2.24, 2.45) is 0 Å². The summed E-state index contributed by atoms with van der Waals surface area (Å²) in [4.78, 5) is 25.5. The van der Waals surface area contributed by atoms with E-state index in [0.29, 0.717) is 11.1 Å². The second-order valence-corrected chi connectivity index (χ2v) is 6.12. The largest absolute Gasteiger partial charge is 0.469 e. The van der Waals surface area contributed by atoms with Gasteiger partial charge in [-0.05, 0) is 22.8 Å². The van der Waals surface area contributed by atoms with E-state index < -0.39 is 29.9 Å². The molecule has 1 N–H and O–H groups in total. The van der Waals surface area contributed by atoms with Gasteiger partial charge >= 0.3 is 11.9 Å². The highest BCUT2D eigenvalue weighted by Crippen LogP contribution is 2.24. The second kappa shape index (κ2) is 8.06. The molecule has 0 spiro atoms. The molecule has 29 heavy (non-hydrogen) atoms. The minimum Gasteiger partial charge on any atom is -0.469 e. The standard InChI is InChI=1S/C20H14F3N3O3/c21-20(22,23)12-29-18-9-17(27)25-19(28)26(18)11-13-5-7-14(8-6-13)16-4-2-1-3-15(16)10-24/h1-9H,11-12H2,(H,25,27,28).